The van der Waals surface area contributed by atoms with Gasteiger partial charge in [-0.3, -0.25) is 9.59 Å². The molecule has 1 saturated carbocycles. The van der Waals surface area contributed by atoms with Crippen molar-refractivity contribution in [2.45, 2.75) is 37.6 Å². The molecule has 1 atom stereocenters. The maximum Gasteiger partial charge on any atom is 0.310 e. The Hall–Kier alpha value is -1.10. The van der Waals surface area contributed by atoms with Crippen LogP contribution in [-0.2, 0) is 14.3 Å². The number of aliphatic hydroxyl groups excluding tert-OH is 1. The molecular weight excluding hydrogens is 222 g/mol. The minimum atomic E-state index is -0.417. The highest BCUT2D eigenvalue weighted by atomic mass is 16.5. The Morgan fingerprint density at radius 1 is 1.53 bits per heavy atom. The van der Waals surface area contributed by atoms with Crippen molar-refractivity contribution in [2.75, 3.05) is 20.3 Å². The Bertz CT molecular complexity index is 322. The summed E-state index contributed by atoms with van der Waals surface area (Å²) in [7, 11) is 1.34. The van der Waals surface area contributed by atoms with Gasteiger partial charge in [0.1, 0.15) is 0 Å². The highest BCUT2D eigenvalue weighted by Crippen LogP contribution is 2.38. The third kappa shape index (κ3) is 2.04. The molecule has 2 aliphatic rings. The molecule has 1 heterocycles. The molecule has 1 aliphatic heterocycles. The van der Waals surface area contributed by atoms with Crippen molar-refractivity contribution < 1.29 is 19.4 Å². The summed E-state index contributed by atoms with van der Waals surface area (Å²) in [6, 6.07) is 0. The normalized spacial score (nSPS) is 27.5. The number of rotatable bonds is 3. The number of amides is 1. The minimum Gasteiger partial charge on any atom is -0.469 e. The average Bonchev–Trinajstić information content (AvgIpc) is 2.95. The van der Waals surface area contributed by atoms with Gasteiger partial charge in [-0.1, -0.05) is 12.8 Å². The summed E-state index contributed by atoms with van der Waals surface area (Å²) in [6.45, 7) is 0.388. The Morgan fingerprint density at radius 3 is 2.71 bits per heavy atom. The molecule has 5 heteroatoms. The molecular formula is C12H19NO4. The molecule has 1 amide bonds. The first-order valence-corrected chi connectivity index (χ1v) is 6.12. The number of hydrogen-bond acceptors (Lipinski definition) is 4. The van der Waals surface area contributed by atoms with E-state index in [1.54, 1.807) is 4.90 Å². The summed E-state index contributed by atoms with van der Waals surface area (Å²) < 4.78 is 4.68. The van der Waals surface area contributed by atoms with Crippen molar-refractivity contribution in [3.8, 4) is 0 Å². The summed E-state index contributed by atoms with van der Waals surface area (Å²) in [5.74, 6) is -0.722. The molecule has 0 aromatic rings. The second kappa shape index (κ2) is 4.64. The predicted octanol–water partition coefficient (Wildman–Crippen LogP) is 0.313. The van der Waals surface area contributed by atoms with E-state index in [-0.39, 0.29) is 30.8 Å². The highest BCUT2D eigenvalue weighted by molar-refractivity contribution is 5.87. The van der Waals surface area contributed by atoms with Gasteiger partial charge in [0.25, 0.3) is 0 Å². The molecule has 96 valence electrons. The van der Waals surface area contributed by atoms with E-state index >= 15 is 0 Å². The van der Waals surface area contributed by atoms with E-state index in [4.69, 9.17) is 0 Å². The van der Waals surface area contributed by atoms with E-state index in [9.17, 15) is 14.7 Å². The zero-order valence-corrected chi connectivity index (χ0v) is 10.1. The van der Waals surface area contributed by atoms with Gasteiger partial charge in [-0.25, -0.2) is 0 Å². The lowest BCUT2D eigenvalue weighted by atomic mass is 9.96. The Balaban J connectivity index is 2.12. The van der Waals surface area contributed by atoms with Crippen molar-refractivity contribution in [2.24, 2.45) is 5.92 Å². The van der Waals surface area contributed by atoms with E-state index < -0.39 is 5.54 Å². The van der Waals surface area contributed by atoms with Crippen molar-refractivity contribution in [3.63, 3.8) is 0 Å². The standard InChI is InChI=1S/C12H19NO4/c1-17-11(16)9-6-10(15)13(7-9)12(8-14)4-2-3-5-12/h9,14H,2-8H2,1H3. The predicted molar refractivity (Wildman–Crippen MR) is 60.1 cm³/mol. The number of carbonyl (C=O) groups excluding carboxylic acids is 2. The topological polar surface area (TPSA) is 66.8 Å². The summed E-state index contributed by atoms with van der Waals surface area (Å²) >= 11 is 0. The quantitative estimate of drug-likeness (QED) is 0.722. The fourth-order valence-electron chi connectivity index (χ4n) is 3.04. The molecule has 5 nitrogen and oxygen atoms in total. The average molecular weight is 241 g/mol. The fraction of sp³-hybridized carbons (Fsp3) is 0.833. The minimum absolute atomic E-state index is 0.00731. The van der Waals surface area contributed by atoms with Crippen LogP contribution < -0.4 is 0 Å². The first-order chi connectivity index (χ1) is 8.13. The number of esters is 1. The molecule has 0 spiro atoms. The van der Waals surface area contributed by atoms with E-state index in [0.29, 0.717) is 6.54 Å². The third-order valence-corrected chi connectivity index (χ3v) is 4.06. The van der Waals surface area contributed by atoms with E-state index in [1.807, 2.05) is 0 Å². The molecule has 1 saturated heterocycles. The van der Waals surface area contributed by atoms with Crippen LogP contribution in [0.4, 0.5) is 0 Å². The second-order valence-corrected chi connectivity index (χ2v) is 5.02. The lowest BCUT2D eigenvalue weighted by molar-refractivity contribution is -0.145. The van der Waals surface area contributed by atoms with Crippen LogP contribution in [-0.4, -0.2) is 47.7 Å². The molecule has 1 aliphatic carbocycles. The molecule has 1 unspecified atom stereocenters. The Kier molecular flexibility index (Phi) is 3.38. The van der Waals surface area contributed by atoms with Gasteiger partial charge in [-0.15, -0.1) is 0 Å². The lowest BCUT2D eigenvalue weighted by Gasteiger charge is -2.37. The Labute approximate surface area is 101 Å². The number of carbonyl (C=O) groups is 2. The van der Waals surface area contributed by atoms with Crippen LogP contribution in [0.3, 0.4) is 0 Å². The summed E-state index contributed by atoms with van der Waals surface area (Å²) in [6.07, 6.45) is 3.96. The number of hydrogen-bond donors (Lipinski definition) is 1. The number of ether oxygens (including phenoxy) is 1. The van der Waals surface area contributed by atoms with Crippen molar-refractivity contribution in [3.05, 3.63) is 0 Å². The molecule has 2 rings (SSSR count). The highest BCUT2D eigenvalue weighted by Gasteiger charge is 2.47. The smallest absolute Gasteiger partial charge is 0.310 e. The molecule has 2 fully saturated rings. The fourth-order valence-corrected chi connectivity index (χ4v) is 3.04. The van der Waals surface area contributed by atoms with Gasteiger partial charge in [0.2, 0.25) is 5.91 Å². The lowest BCUT2D eigenvalue weighted by Crippen LogP contribution is -2.50. The van der Waals surface area contributed by atoms with Crippen LogP contribution in [0.5, 0.6) is 0 Å². The maximum absolute atomic E-state index is 12.0. The second-order valence-electron chi connectivity index (χ2n) is 5.02. The van der Waals surface area contributed by atoms with E-state index in [2.05, 4.69) is 4.74 Å². The van der Waals surface area contributed by atoms with Crippen LogP contribution in [0.15, 0.2) is 0 Å². The van der Waals surface area contributed by atoms with E-state index in [0.717, 1.165) is 25.7 Å². The zero-order chi connectivity index (χ0) is 12.5. The third-order valence-electron chi connectivity index (χ3n) is 4.06. The maximum atomic E-state index is 12.0. The van der Waals surface area contributed by atoms with Gasteiger partial charge >= 0.3 is 5.97 Å². The molecule has 17 heavy (non-hydrogen) atoms. The largest absolute Gasteiger partial charge is 0.469 e. The molecule has 0 aromatic heterocycles. The van der Waals surface area contributed by atoms with Crippen LogP contribution in [0.25, 0.3) is 0 Å². The van der Waals surface area contributed by atoms with Gasteiger partial charge in [0, 0.05) is 13.0 Å². The van der Waals surface area contributed by atoms with Crippen molar-refractivity contribution >= 4 is 11.9 Å². The molecule has 0 radical (unpaired) electrons. The Morgan fingerprint density at radius 2 is 2.18 bits per heavy atom. The van der Waals surface area contributed by atoms with Gasteiger partial charge in [-0.05, 0) is 12.8 Å². The van der Waals surface area contributed by atoms with Crippen LogP contribution in [0, 0.1) is 5.92 Å². The summed E-state index contributed by atoms with van der Waals surface area (Å²) in [5, 5.41) is 9.57. The number of nitrogens with zero attached hydrogens (tertiary/aromatic N) is 1. The molecule has 0 bridgehead atoms. The summed E-state index contributed by atoms with van der Waals surface area (Å²) in [4.78, 5) is 25.1. The number of methoxy groups -OCH3 is 1. The van der Waals surface area contributed by atoms with Crippen LogP contribution in [0.1, 0.15) is 32.1 Å². The zero-order valence-electron chi connectivity index (χ0n) is 10.1. The van der Waals surface area contributed by atoms with Gasteiger partial charge < -0.3 is 14.7 Å². The van der Waals surface area contributed by atoms with Gasteiger partial charge in [-0.2, -0.15) is 0 Å². The summed E-state index contributed by atoms with van der Waals surface area (Å²) in [5.41, 5.74) is -0.417. The monoisotopic (exact) mass is 241 g/mol. The first-order valence-electron chi connectivity index (χ1n) is 6.12. The molecule has 0 aromatic carbocycles. The van der Waals surface area contributed by atoms with Crippen LogP contribution >= 0.6 is 0 Å². The van der Waals surface area contributed by atoms with Gasteiger partial charge in [0.15, 0.2) is 0 Å². The van der Waals surface area contributed by atoms with Crippen molar-refractivity contribution in [1.29, 1.82) is 0 Å². The number of likely N-dealkylation sites (tertiary alicyclic amines) is 1. The van der Waals surface area contributed by atoms with E-state index in [1.165, 1.54) is 7.11 Å². The van der Waals surface area contributed by atoms with Crippen LogP contribution in [0.2, 0.25) is 0 Å². The van der Waals surface area contributed by atoms with Crippen molar-refractivity contribution in [1.82, 2.24) is 4.90 Å². The number of aliphatic hydroxyl groups is 1. The first kappa shape index (κ1) is 12.4. The molecule has 1 N–H and O–H groups in total. The SMILES string of the molecule is COC(=O)C1CC(=O)N(C2(CO)CCCC2)C1. The van der Waals surface area contributed by atoms with Gasteiger partial charge in [0.05, 0.1) is 25.2 Å².